The van der Waals surface area contributed by atoms with Crippen molar-refractivity contribution in [2.24, 2.45) is 0 Å². The molecule has 0 saturated heterocycles. The van der Waals surface area contributed by atoms with Crippen molar-refractivity contribution in [1.29, 1.82) is 0 Å². The molecule has 0 fully saturated rings. The predicted octanol–water partition coefficient (Wildman–Crippen LogP) is 5.08. The summed E-state index contributed by atoms with van der Waals surface area (Å²) in [4.78, 5) is 17.6. The van der Waals surface area contributed by atoms with Crippen molar-refractivity contribution in [2.45, 2.75) is 20.1 Å². The van der Waals surface area contributed by atoms with Crippen molar-refractivity contribution in [3.05, 3.63) is 108 Å². The van der Waals surface area contributed by atoms with E-state index in [1.54, 1.807) is 18.5 Å². The maximum atomic E-state index is 13.1. The molecule has 2 heterocycles. The molecule has 0 saturated carbocycles. The highest BCUT2D eigenvalue weighted by atomic mass is 16.5. The van der Waals surface area contributed by atoms with Gasteiger partial charge in [0.05, 0.1) is 25.1 Å². The molecule has 0 aliphatic heterocycles. The summed E-state index contributed by atoms with van der Waals surface area (Å²) in [5, 5.41) is 9.65. The van der Waals surface area contributed by atoms with Crippen LogP contribution in [0.3, 0.4) is 0 Å². The van der Waals surface area contributed by atoms with E-state index in [2.05, 4.69) is 33.1 Å². The Morgan fingerprint density at radius 2 is 1.97 bits per heavy atom. The quantitative estimate of drug-likeness (QED) is 0.282. The minimum atomic E-state index is -0.160. The number of H-pyrrole nitrogens is 1. The first kappa shape index (κ1) is 22.2. The van der Waals surface area contributed by atoms with Gasteiger partial charge in [-0.1, -0.05) is 36.4 Å². The summed E-state index contributed by atoms with van der Waals surface area (Å²) in [7, 11) is 0. The van der Waals surface area contributed by atoms with Gasteiger partial charge in [0, 0.05) is 35.6 Å². The van der Waals surface area contributed by atoms with E-state index >= 15 is 0 Å². The Labute approximate surface area is 193 Å². The highest BCUT2D eigenvalue weighted by Gasteiger charge is 2.14. The normalized spacial score (nSPS) is 10.7. The fourth-order valence-electron chi connectivity index (χ4n) is 3.54. The van der Waals surface area contributed by atoms with Gasteiger partial charge in [0.1, 0.15) is 0 Å². The van der Waals surface area contributed by atoms with E-state index in [1.165, 1.54) is 0 Å². The van der Waals surface area contributed by atoms with Crippen molar-refractivity contribution in [2.75, 3.05) is 6.61 Å². The Morgan fingerprint density at radius 3 is 2.73 bits per heavy atom. The van der Waals surface area contributed by atoms with Gasteiger partial charge in [-0.25, -0.2) is 0 Å². The first-order valence-corrected chi connectivity index (χ1v) is 10.7. The third kappa shape index (κ3) is 5.61. The molecule has 2 aromatic heterocycles. The number of nitrogens with one attached hydrogen (secondary N) is 2. The molecule has 0 radical (unpaired) electrons. The minimum absolute atomic E-state index is 0.160. The van der Waals surface area contributed by atoms with E-state index in [-0.39, 0.29) is 5.91 Å². The lowest BCUT2D eigenvalue weighted by Crippen LogP contribution is -2.22. The lowest BCUT2D eigenvalue weighted by Gasteiger charge is -2.14. The maximum Gasteiger partial charge on any atom is 0.251 e. The van der Waals surface area contributed by atoms with Crippen molar-refractivity contribution in [3.8, 4) is 22.4 Å². The first-order valence-electron chi connectivity index (χ1n) is 10.7. The van der Waals surface area contributed by atoms with Crippen molar-refractivity contribution in [1.82, 2.24) is 20.5 Å². The molecule has 6 heteroatoms. The molecule has 1 amide bonds. The second kappa shape index (κ2) is 10.5. The average molecular weight is 439 g/mol. The molecule has 0 aliphatic carbocycles. The van der Waals surface area contributed by atoms with E-state index < -0.39 is 0 Å². The summed E-state index contributed by atoms with van der Waals surface area (Å²) >= 11 is 0. The predicted molar refractivity (Wildman–Crippen MR) is 129 cm³/mol. The lowest BCUT2D eigenvalue weighted by atomic mass is 9.94. The van der Waals surface area contributed by atoms with Crippen LogP contribution in [0, 0.1) is 6.92 Å². The van der Waals surface area contributed by atoms with Crippen molar-refractivity contribution >= 4 is 5.91 Å². The molecule has 0 spiro atoms. The number of amides is 1. The van der Waals surface area contributed by atoms with Crippen molar-refractivity contribution < 1.29 is 9.53 Å². The average Bonchev–Trinajstić information content (AvgIpc) is 3.37. The molecular weight excluding hydrogens is 412 g/mol. The number of rotatable bonds is 9. The third-order valence-corrected chi connectivity index (χ3v) is 5.23. The number of aromatic amines is 1. The molecule has 0 unspecified atom stereocenters. The van der Waals surface area contributed by atoms with Gasteiger partial charge in [-0.2, -0.15) is 5.10 Å². The molecule has 2 aromatic carbocycles. The number of carbonyl (C=O) groups is 1. The van der Waals surface area contributed by atoms with Crippen LogP contribution in [-0.2, 0) is 17.9 Å². The summed E-state index contributed by atoms with van der Waals surface area (Å²) < 4.78 is 5.70. The van der Waals surface area contributed by atoms with Gasteiger partial charge < -0.3 is 10.1 Å². The summed E-state index contributed by atoms with van der Waals surface area (Å²) in [5.41, 5.74) is 7.23. The summed E-state index contributed by atoms with van der Waals surface area (Å²) in [6, 6.07) is 17.9. The van der Waals surface area contributed by atoms with E-state index in [1.807, 2.05) is 61.7 Å². The monoisotopic (exact) mass is 438 g/mol. The maximum absolute atomic E-state index is 13.1. The van der Waals surface area contributed by atoms with E-state index in [0.717, 1.165) is 39.1 Å². The van der Waals surface area contributed by atoms with Crippen LogP contribution in [0.5, 0.6) is 0 Å². The number of ether oxygens (including phenoxy) is 1. The lowest BCUT2D eigenvalue weighted by molar-refractivity contribution is 0.0951. The highest BCUT2D eigenvalue weighted by Crippen LogP contribution is 2.30. The van der Waals surface area contributed by atoms with Crippen LogP contribution in [0.4, 0.5) is 0 Å². The number of hydrogen-bond acceptors (Lipinski definition) is 4. The van der Waals surface area contributed by atoms with Crippen LogP contribution >= 0.6 is 0 Å². The molecule has 4 aromatic rings. The number of carbonyl (C=O) groups excluding carboxylic acids is 1. The largest absolute Gasteiger partial charge is 0.373 e. The van der Waals surface area contributed by atoms with Gasteiger partial charge in [0.25, 0.3) is 5.91 Å². The van der Waals surface area contributed by atoms with Crippen LogP contribution in [0.15, 0.2) is 85.8 Å². The van der Waals surface area contributed by atoms with Gasteiger partial charge in [0.15, 0.2) is 0 Å². The molecule has 166 valence electrons. The Kier molecular flexibility index (Phi) is 7.07. The topological polar surface area (TPSA) is 79.9 Å². The fourth-order valence-corrected chi connectivity index (χ4v) is 3.54. The number of pyridine rings is 1. The Balaban J connectivity index is 1.72. The number of nitrogens with zero attached hydrogens (tertiary/aromatic N) is 2. The molecule has 0 atom stereocenters. The number of aryl methyl sites for hydroxylation is 1. The molecule has 4 rings (SSSR count). The van der Waals surface area contributed by atoms with Gasteiger partial charge in [-0.05, 0) is 53.4 Å². The van der Waals surface area contributed by atoms with Crippen LogP contribution in [0.25, 0.3) is 22.4 Å². The number of aromatic nitrogens is 3. The van der Waals surface area contributed by atoms with E-state index in [0.29, 0.717) is 25.3 Å². The minimum Gasteiger partial charge on any atom is -0.373 e. The second-order valence-corrected chi connectivity index (χ2v) is 7.77. The van der Waals surface area contributed by atoms with Crippen LogP contribution < -0.4 is 5.32 Å². The van der Waals surface area contributed by atoms with Gasteiger partial charge >= 0.3 is 0 Å². The fraction of sp³-hybridized carbons (Fsp3) is 0.148. The van der Waals surface area contributed by atoms with Gasteiger partial charge in [-0.15, -0.1) is 6.58 Å². The molecule has 6 nitrogen and oxygen atoms in total. The Morgan fingerprint density at radius 1 is 1.12 bits per heavy atom. The molecule has 33 heavy (non-hydrogen) atoms. The van der Waals surface area contributed by atoms with Crippen LogP contribution in [0.2, 0.25) is 0 Å². The summed E-state index contributed by atoms with van der Waals surface area (Å²) in [6.45, 7) is 7.03. The third-order valence-electron chi connectivity index (χ3n) is 5.23. The number of hydrogen-bond donors (Lipinski definition) is 2. The molecule has 2 N–H and O–H groups in total. The van der Waals surface area contributed by atoms with E-state index in [9.17, 15) is 4.79 Å². The Hall–Kier alpha value is -4.03. The SMILES string of the molecule is C=CCOCc1ccccc1-c1cc(C(=O)NCc2cn[nH]c2)cc(-c2ccc(C)cn2)c1. The number of benzene rings is 2. The zero-order valence-electron chi connectivity index (χ0n) is 18.5. The standard InChI is InChI=1S/C27H26N4O2/c1-3-10-33-18-21-6-4-5-7-25(21)22-11-23(26-9-8-19(2)14-28-26)13-24(12-22)27(32)29-15-20-16-30-31-17-20/h3-9,11-14,16-17H,1,10,15,18H2,2H3,(H,29,32)(H,30,31). The van der Waals surface area contributed by atoms with Crippen LogP contribution in [0.1, 0.15) is 27.0 Å². The van der Waals surface area contributed by atoms with Gasteiger partial charge in [-0.3, -0.25) is 14.9 Å². The van der Waals surface area contributed by atoms with Gasteiger partial charge in [0.2, 0.25) is 0 Å². The van der Waals surface area contributed by atoms with Crippen molar-refractivity contribution in [3.63, 3.8) is 0 Å². The molecule has 0 bridgehead atoms. The Bertz CT molecular complexity index is 1230. The highest BCUT2D eigenvalue weighted by molar-refractivity contribution is 5.97. The zero-order valence-corrected chi connectivity index (χ0v) is 18.5. The smallest absolute Gasteiger partial charge is 0.251 e. The second-order valence-electron chi connectivity index (χ2n) is 7.77. The van der Waals surface area contributed by atoms with Crippen LogP contribution in [-0.4, -0.2) is 27.7 Å². The van der Waals surface area contributed by atoms with E-state index in [4.69, 9.17) is 4.74 Å². The zero-order chi connectivity index (χ0) is 23.0. The summed E-state index contributed by atoms with van der Waals surface area (Å²) in [5.74, 6) is -0.160. The first-order chi connectivity index (χ1) is 16.1. The summed E-state index contributed by atoms with van der Waals surface area (Å²) in [6.07, 6.45) is 7.02. The molecular formula is C27H26N4O2. The molecule has 0 aliphatic rings.